The Balaban J connectivity index is 3.12. The molecule has 0 aliphatic rings. The molecule has 1 heterocycles. The Labute approximate surface area is 141 Å². The largest absolute Gasteiger partial charge is 0.472 e. The van der Waals surface area contributed by atoms with Gasteiger partial charge in [0.15, 0.2) is 0 Å². The van der Waals surface area contributed by atoms with E-state index in [4.69, 9.17) is 22.5 Å². The fourth-order valence-corrected chi connectivity index (χ4v) is 5.19. The van der Waals surface area contributed by atoms with Crippen molar-refractivity contribution in [3.8, 4) is 0 Å². The first kappa shape index (κ1) is 21.3. The van der Waals surface area contributed by atoms with E-state index in [-0.39, 0.29) is 43.7 Å². The van der Waals surface area contributed by atoms with Gasteiger partial charge in [0.05, 0.1) is 44.4 Å². The van der Waals surface area contributed by atoms with E-state index >= 15 is 0 Å². The molecule has 0 unspecified atom stereocenters. The van der Waals surface area contributed by atoms with Crippen LogP contribution in [0.2, 0.25) is 0 Å². The summed E-state index contributed by atoms with van der Waals surface area (Å²) in [7, 11) is -7.43. The first-order chi connectivity index (χ1) is 11.4. The monoisotopic (exact) mass is 382 g/mol. The third kappa shape index (κ3) is 5.38. The number of carbonyl (C=O) groups is 1. The van der Waals surface area contributed by atoms with Crippen LogP contribution in [0.1, 0.15) is 43.6 Å². The van der Waals surface area contributed by atoms with E-state index < -0.39 is 20.7 Å². The van der Waals surface area contributed by atoms with Crippen LogP contribution < -0.4 is 0 Å². The Morgan fingerprint density at radius 1 is 0.917 bits per heavy atom. The molecule has 1 rings (SSSR count). The molecule has 0 saturated heterocycles. The summed E-state index contributed by atoms with van der Waals surface area (Å²) < 4.78 is 50.8. The summed E-state index contributed by atoms with van der Waals surface area (Å²) in [6.07, 6.45) is 2.20. The molecule has 0 aliphatic carbocycles. The molecule has 0 fully saturated rings. The summed E-state index contributed by atoms with van der Waals surface area (Å²) in [5.41, 5.74) is -0.584. The van der Waals surface area contributed by atoms with Crippen molar-refractivity contribution in [3.05, 3.63) is 23.7 Å². The maximum absolute atomic E-state index is 12.6. The Kier molecular flexibility index (Phi) is 8.57. The summed E-state index contributed by atoms with van der Waals surface area (Å²) >= 11 is 0. The third-order valence-electron chi connectivity index (χ3n) is 2.83. The molecule has 0 bridgehead atoms. The molecular formula is C14H24O8P2. The maximum Gasteiger partial charge on any atom is 0.401 e. The van der Waals surface area contributed by atoms with Crippen LogP contribution >= 0.6 is 15.2 Å². The van der Waals surface area contributed by atoms with Crippen molar-refractivity contribution in [3.63, 3.8) is 0 Å². The van der Waals surface area contributed by atoms with Crippen molar-refractivity contribution in [1.29, 1.82) is 0 Å². The van der Waals surface area contributed by atoms with E-state index in [0.717, 1.165) is 6.26 Å². The molecule has 0 atom stereocenters. The molecule has 0 spiro atoms. The van der Waals surface area contributed by atoms with E-state index in [1.54, 1.807) is 27.7 Å². The van der Waals surface area contributed by atoms with E-state index in [9.17, 15) is 13.9 Å². The fraction of sp³-hybridized carbons (Fsp3) is 0.643. The average molecular weight is 382 g/mol. The zero-order valence-electron chi connectivity index (χ0n) is 14.4. The van der Waals surface area contributed by atoms with E-state index in [2.05, 4.69) is 0 Å². The quantitative estimate of drug-likeness (QED) is 0.489. The fourth-order valence-electron chi connectivity index (χ4n) is 2.01. The summed E-state index contributed by atoms with van der Waals surface area (Å²) in [4.78, 5) is 12.6. The Hall–Kier alpha value is -0.750. The summed E-state index contributed by atoms with van der Waals surface area (Å²) in [6.45, 7) is 7.06. The summed E-state index contributed by atoms with van der Waals surface area (Å²) in [5.74, 6) is 0. The van der Waals surface area contributed by atoms with Crippen LogP contribution in [0.5, 0.6) is 0 Å². The van der Waals surface area contributed by atoms with Crippen LogP contribution in [0, 0.1) is 0 Å². The Bertz CT molecular complexity index is 604. The summed E-state index contributed by atoms with van der Waals surface area (Å²) in [6, 6.07) is 0. The molecule has 138 valence electrons. The van der Waals surface area contributed by atoms with Crippen molar-refractivity contribution in [2.45, 2.75) is 33.9 Å². The number of carbonyl (C=O) groups excluding carboxylic acids is 1. The van der Waals surface area contributed by atoms with Gasteiger partial charge in [-0.25, -0.2) is 0 Å². The molecule has 0 saturated carbocycles. The van der Waals surface area contributed by atoms with Crippen LogP contribution in [-0.2, 0) is 33.4 Å². The van der Waals surface area contributed by atoms with E-state index in [1.807, 2.05) is 0 Å². The van der Waals surface area contributed by atoms with Gasteiger partial charge in [0.25, 0.3) is 5.52 Å². The lowest BCUT2D eigenvalue weighted by Gasteiger charge is -2.18. The van der Waals surface area contributed by atoms with Gasteiger partial charge in [-0.2, -0.15) is 0 Å². The van der Waals surface area contributed by atoms with Crippen LogP contribution in [0.15, 0.2) is 16.9 Å². The van der Waals surface area contributed by atoms with Crippen LogP contribution in [-0.4, -0.2) is 32.0 Å². The van der Waals surface area contributed by atoms with Gasteiger partial charge in [0.2, 0.25) is 0 Å². The number of hydrogen-bond donors (Lipinski definition) is 0. The molecule has 0 radical (unpaired) electrons. The Morgan fingerprint density at radius 3 is 1.88 bits per heavy atom. The van der Waals surface area contributed by atoms with Crippen molar-refractivity contribution in [1.82, 2.24) is 0 Å². The van der Waals surface area contributed by atoms with Gasteiger partial charge in [-0.15, -0.1) is 0 Å². The molecule has 24 heavy (non-hydrogen) atoms. The zero-order valence-corrected chi connectivity index (χ0v) is 16.1. The van der Waals surface area contributed by atoms with Gasteiger partial charge in [0, 0.05) is 5.56 Å². The minimum atomic E-state index is -3.99. The zero-order chi connectivity index (χ0) is 18.2. The molecule has 0 amide bonds. The summed E-state index contributed by atoms with van der Waals surface area (Å²) in [5, 5.41) is 0. The van der Waals surface area contributed by atoms with Gasteiger partial charge >= 0.3 is 15.2 Å². The van der Waals surface area contributed by atoms with Gasteiger partial charge in [-0.1, -0.05) is 0 Å². The molecule has 1 aromatic rings. The normalized spacial score (nSPS) is 12.5. The highest BCUT2D eigenvalue weighted by molar-refractivity contribution is 7.72. The smallest absolute Gasteiger partial charge is 0.401 e. The van der Waals surface area contributed by atoms with Gasteiger partial charge in [-0.05, 0) is 27.7 Å². The minimum absolute atomic E-state index is 0.0140. The maximum atomic E-state index is 12.6. The highest BCUT2D eigenvalue weighted by Gasteiger charge is 2.38. The minimum Gasteiger partial charge on any atom is -0.472 e. The highest BCUT2D eigenvalue weighted by atomic mass is 31.2. The molecule has 0 aliphatic heterocycles. The van der Waals surface area contributed by atoms with Crippen LogP contribution in [0.25, 0.3) is 0 Å². The van der Waals surface area contributed by atoms with Gasteiger partial charge < -0.3 is 22.5 Å². The first-order valence-electron chi connectivity index (χ1n) is 7.72. The lowest BCUT2D eigenvalue weighted by atomic mass is 10.2. The average Bonchev–Trinajstić information content (AvgIpc) is 2.94. The molecule has 10 heteroatoms. The number of rotatable bonds is 12. The first-order valence-corrected chi connectivity index (χ1v) is 11.0. The van der Waals surface area contributed by atoms with Crippen LogP contribution in [0.3, 0.4) is 0 Å². The molecule has 8 nitrogen and oxygen atoms in total. The van der Waals surface area contributed by atoms with Crippen molar-refractivity contribution >= 4 is 20.7 Å². The van der Waals surface area contributed by atoms with Gasteiger partial charge in [0.1, 0.15) is 6.26 Å². The lowest BCUT2D eigenvalue weighted by molar-refractivity contribution is 0.1000. The number of hydrogen-bond acceptors (Lipinski definition) is 8. The second kappa shape index (κ2) is 9.66. The third-order valence-corrected chi connectivity index (χ3v) is 6.80. The molecule has 1 aromatic heterocycles. The highest BCUT2D eigenvalue weighted by Crippen LogP contribution is 2.55. The molecular weight excluding hydrogens is 358 g/mol. The van der Waals surface area contributed by atoms with Crippen molar-refractivity contribution in [2.75, 3.05) is 26.4 Å². The van der Waals surface area contributed by atoms with E-state index in [0.29, 0.717) is 0 Å². The predicted octanol–water partition coefficient (Wildman–Crippen LogP) is 4.45. The lowest BCUT2D eigenvalue weighted by Crippen LogP contribution is -2.09. The standard InChI is InChI=1S/C14H24O8P2/c1-5-19-23(16,20-6-2)11-12-9-18-10-13(12)14(15)24(17,21-7-3)22-8-4/h9-10H,5-8,11H2,1-4H3. The molecule has 0 N–H and O–H groups in total. The number of furan rings is 1. The van der Waals surface area contributed by atoms with Crippen LogP contribution in [0.4, 0.5) is 0 Å². The van der Waals surface area contributed by atoms with Gasteiger partial charge in [-0.3, -0.25) is 13.9 Å². The molecule has 0 aromatic carbocycles. The van der Waals surface area contributed by atoms with E-state index in [1.165, 1.54) is 6.26 Å². The Morgan fingerprint density at radius 2 is 1.42 bits per heavy atom. The SMILES string of the molecule is CCOP(=O)(Cc1cocc1C(=O)P(=O)(OCC)OCC)OCC. The van der Waals surface area contributed by atoms with Crippen molar-refractivity contribution < 1.29 is 36.4 Å². The second-order valence-electron chi connectivity index (χ2n) is 4.55. The van der Waals surface area contributed by atoms with Crippen molar-refractivity contribution in [2.24, 2.45) is 0 Å². The topological polar surface area (TPSA) is 101 Å². The second-order valence-corrected chi connectivity index (χ2v) is 8.53. The predicted molar refractivity (Wildman–Crippen MR) is 88.5 cm³/mol.